The summed E-state index contributed by atoms with van der Waals surface area (Å²) >= 11 is 0. The predicted octanol–water partition coefficient (Wildman–Crippen LogP) is 0.959. The standard InChI is InChI=1S/C18H26N2O3/c21-17(9-6-14-4-2-1-3-5-14)19-15-7-8-16(18(15)22)20-10-12-23-13-11-20/h1-5,15-16,18,22H,6-13H2,(H,19,21)/t15-,16-,18-/m1/s1. The molecular weight excluding hydrogens is 292 g/mol. The normalized spacial score (nSPS) is 28.7. The Kier molecular flexibility index (Phi) is 5.65. The van der Waals surface area contributed by atoms with Gasteiger partial charge < -0.3 is 15.2 Å². The number of morpholine rings is 1. The number of hydrogen-bond donors (Lipinski definition) is 2. The summed E-state index contributed by atoms with van der Waals surface area (Å²) in [5.74, 6) is 0.0283. The fraction of sp³-hybridized carbons (Fsp3) is 0.611. The van der Waals surface area contributed by atoms with E-state index < -0.39 is 6.10 Å². The van der Waals surface area contributed by atoms with Gasteiger partial charge in [0.2, 0.25) is 5.91 Å². The number of nitrogens with one attached hydrogen (secondary N) is 1. The van der Waals surface area contributed by atoms with Crippen LogP contribution in [0.1, 0.15) is 24.8 Å². The zero-order chi connectivity index (χ0) is 16.1. The van der Waals surface area contributed by atoms with Crippen LogP contribution >= 0.6 is 0 Å². The first-order valence-electron chi connectivity index (χ1n) is 8.57. The molecule has 3 rings (SSSR count). The lowest BCUT2D eigenvalue weighted by Crippen LogP contribution is -2.51. The molecule has 2 fully saturated rings. The molecule has 3 atom stereocenters. The van der Waals surface area contributed by atoms with Crippen LogP contribution in [-0.4, -0.2) is 60.4 Å². The molecule has 1 aromatic rings. The van der Waals surface area contributed by atoms with E-state index >= 15 is 0 Å². The lowest BCUT2D eigenvalue weighted by Gasteiger charge is -2.34. The Morgan fingerprint density at radius 3 is 2.70 bits per heavy atom. The summed E-state index contributed by atoms with van der Waals surface area (Å²) in [6.07, 6.45) is 2.51. The molecule has 1 amide bonds. The average molecular weight is 318 g/mol. The van der Waals surface area contributed by atoms with Crippen LogP contribution < -0.4 is 5.32 Å². The maximum absolute atomic E-state index is 12.1. The van der Waals surface area contributed by atoms with E-state index in [9.17, 15) is 9.90 Å². The molecule has 1 heterocycles. The maximum atomic E-state index is 12.1. The topological polar surface area (TPSA) is 61.8 Å². The van der Waals surface area contributed by atoms with Crippen LogP contribution in [0.2, 0.25) is 0 Å². The van der Waals surface area contributed by atoms with Gasteiger partial charge in [-0.15, -0.1) is 0 Å². The third-order valence-corrected chi connectivity index (χ3v) is 4.92. The lowest BCUT2D eigenvalue weighted by atomic mass is 10.1. The Balaban J connectivity index is 1.45. The van der Waals surface area contributed by atoms with Crippen molar-refractivity contribution in [2.24, 2.45) is 0 Å². The molecule has 1 saturated carbocycles. The number of aliphatic hydroxyl groups is 1. The molecule has 1 saturated heterocycles. The molecule has 2 N–H and O–H groups in total. The van der Waals surface area contributed by atoms with E-state index in [0.29, 0.717) is 6.42 Å². The quantitative estimate of drug-likeness (QED) is 0.849. The summed E-state index contributed by atoms with van der Waals surface area (Å²) in [6, 6.07) is 10.1. The molecule has 0 radical (unpaired) electrons. The number of aliphatic hydroxyl groups excluding tert-OH is 1. The highest BCUT2D eigenvalue weighted by molar-refractivity contribution is 5.76. The number of amides is 1. The molecule has 126 valence electrons. The Bertz CT molecular complexity index is 502. The average Bonchev–Trinajstić information content (AvgIpc) is 2.95. The van der Waals surface area contributed by atoms with Crippen molar-refractivity contribution in [1.29, 1.82) is 0 Å². The van der Waals surface area contributed by atoms with Crippen molar-refractivity contribution in [2.45, 2.75) is 43.9 Å². The second kappa shape index (κ2) is 7.90. The van der Waals surface area contributed by atoms with Gasteiger partial charge in [0, 0.05) is 25.6 Å². The molecule has 0 spiro atoms. The first-order chi connectivity index (χ1) is 11.2. The van der Waals surface area contributed by atoms with Gasteiger partial charge in [0.15, 0.2) is 0 Å². The minimum atomic E-state index is -0.478. The summed E-state index contributed by atoms with van der Waals surface area (Å²) < 4.78 is 5.37. The molecule has 5 heteroatoms. The van der Waals surface area contributed by atoms with Crippen molar-refractivity contribution in [2.75, 3.05) is 26.3 Å². The summed E-state index contributed by atoms with van der Waals surface area (Å²) in [7, 11) is 0. The monoisotopic (exact) mass is 318 g/mol. The molecule has 1 aliphatic carbocycles. The molecule has 0 aromatic heterocycles. The van der Waals surface area contributed by atoms with Gasteiger partial charge in [-0.05, 0) is 24.8 Å². The van der Waals surface area contributed by atoms with Crippen LogP contribution in [0, 0.1) is 0 Å². The Hall–Kier alpha value is -1.43. The summed E-state index contributed by atoms with van der Waals surface area (Å²) in [5, 5.41) is 13.6. The molecule has 5 nitrogen and oxygen atoms in total. The molecular formula is C18H26N2O3. The van der Waals surface area contributed by atoms with Crippen LogP contribution in [0.5, 0.6) is 0 Å². The maximum Gasteiger partial charge on any atom is 0.220 e. The number of hydrogen-bond acceptors (Lipinski definition) is 4. The molecule has 0 bridgehead atoms. The number of carbonyl (C=O) groups is 1. The highest BCUT2D eigenvalue weighted by Gasteiger charge is 2.39. The van der Waals surface area contributed by atoms with Gasteiger partial charge in [0.05, 0.1) is 25.4 Å². The van der Waals surface area contributed by atoms with E-state index in [4.69, 9.17) is 4.74 Å². The van der Waals surface area contributed by atoms with Gasteiger partial charge in [-0.25, -0.2) is 0 Å². The smallest absolute Gasteiger partial charge is 0.220 e. The first kappa shape index (κ1) is 16.4. The molecule has 0 unspecified atom stereocenters. The number of ether oxygens (including phenoxy) is 1. The second-order valence-electron chi connectivity index (χ2n) is 6.44. The van der Waals surface area contributed by atoms with E-state index in [1.807, 2.05) is 30.3 Å². The van der Waals surface area contributed by atoms with Crippen LogP contribution in [-0.2, 0) is 16.0 Å². The van der Waals surface area contributed by atoms with Crippen molar-refractivity contribution < 1.29 is 14.6 Å². The largest absolute Gasteiger partial charge is 0.389 e. The molecule has 1 aliphatic heterocycles. The first-order valence-corrected chi connectivity index (χ1v) is 8.57. The number of benzene rings is 1. The zero-order valence-corrected chi connectivity index (χ0v) is 13.5. The van der Waals surface area contributed by atoms with Crippen LogP contribution in [0.4, 0.5) is 0 Å². The van der Waals surface area contributed by atoms with Gasteiger partial charge in [-0.2, -0.15) is 0 Å². The number of aryl methyl sites for hydroxylation is 1. The Morgan fingerprint density at radius 2 is 1.96 bits per heavy atom. The van der Waals surface area contributed by atoms with Crippen molar-refractivity contribution >= 4 is 5.91 Å². The van der Waals surface area contributed by atoms with Gasteiger partial charge in [0.1, 0.15) is 0 Å². The SMILES string of the molecule is O=C(CCc1ccccc1)N[C@@H]1CC[C@@H](N2CCOCC2)[C@@H]1O. The van der Waals surface area contributed by atoms with Crippen molar-refractivity contribution in [3.63, 3.8) is 0 Å². The fourth-order valence-electron chi connectivity index (χ4n) is 3.61. The van der Waals surface area contributed by atoms with Crippen molar-refractivity contribution in [3.8, 4) is 0 Å². The summed E-state index contributed by atoms with van der Waals surface area (Å²) in [5.41, 5.74) is 1.17. The van der Waals surface area contributed by atoms with Crippen LogP contribution in [0.25, 0.3) is 0 Å². The predicted molar refractivity (Wildman–Crippen MR) is 88.1 cm³/mol. The van der Waals surface area contributed by atoms with E-state index in [1.54, 1.807) is 0 Å². The van der Waals surface area contributed by atoms with Crippen LogP contribution in [0.15, 0.2) is 30.3 Å². The minimum absolute atomic E-state index is 0.0283. The molecule has 2 aliphatic rings. The van der Waals surface area contributed by atoms with Crippen molar-refractivity contribution in [1.82, 2.24) is 10.2 Å². The van der Waals surface area contributed by atoms with E-state index in [-0.39, 0.29) is 18.0 Å². The number of carbonyl (C=O) groups excluding carboxylic acids is 1. The number of rotatable bonds is 5. The number of nitrogens with zero attached hydrogens (tertiary/aromatic N) is 1. The minimum Gasteiger partial charge on any atom is -0.389 e. The van der Waals surface area contributed by atoms with E-state index in [0.717, 1.165) is 45.6 Å². The van der Waals surface area contributed by atoms with E-state index in [1.165, 1.54) is 5.56 Å². The third-order valence-electron chi connectivity index (χ3n) is 4.92. The fourth-order valence-corrected chi connectivity index (χ4v) is 3.61. The highest BCUT2D eigenvalue weighted by Crippen LogP contribution is 2.25. The summed E-state index contributed by atoms with van der Waals surface area (Å²) in [6.45, 7) is 3.21. The highest BCUT2D eigenvalue weighted by atomic mass is 16.5. The zero-order valence-electron chi connectivity index (χ0n) is 13.5. The Morgan fingerprint density at radius 1 is 1.22 bits per heavy atom. The molecule has 1 aromatic carbocycles. The third kappa shape index (κ3) is 4.31. The van der Waals surface area contributed by atoms with E-state index in [2.05, 4.69) is 10.2 Å². The summed E-state index contributed by atoms with van der Waals surface area (Å²) in [4.78, 5) is 14.4. The van der Waals surface area contributed by atoms with Gasteiger partial charge >= 0.3 is 0 Å². The Labute approximate surface area is 137 Å². The lowest BCUT2D eigenvalue weighted by molar-refractivity contribution is -0.122. The molecule has 23 heavy (non-hydrogen) atoms. The van der Waals surface area contributed by atoms with Gasteiger partial charge in [-0.1, -0.05) is 30.3 Å². The van der Waals surface area contributed by atoms with Gasteiger partial charge in [0.25, 0.3) is 0 Å². The second-order valence-corrected chi connectivity index (χ2v) is 6.44. The van der Waals surface area contributed by atoms with Crippen LogP contribution in [0.3, 0.4) is 0 Å². The van der Waals surface area contributed by atoms with Crippen molar-refractivity contribution in [3.05, 3.63) is 35.9 Å². The van der Waals surface area contributed by atoms with Gasteiger partial charge in [-0.3, -0.25) is 9.69 Å².